The van der Waals surface area contributed by atoms with Crippen molar-refractivity contribution in [2.45, 2.75) is 39.0 Å². The third-order valence-electron chi connectivity index (χ3n) is 2.95. The lowest BCUT2D eigenvalue weighted by Crippen LogP contribution is -2.35. The van der Waals surface area contributed by atoms with Crippen molar-refractivity contribution in [3.63, 3.8) is 0 Å². The molecule has 1 rings (SSSR count). The molecule has 1 atom stereocenters. The van der Waals surface area contributed by atoms with Gasteiger partial charge in [-0.2, -0.15) is 0 Å². The minimum atomic E-state index is -0.0558. The molecule has 1 saturated heterocycles. The van der Waals surface area contributed by atoms with Crippen LogP contribution in [0, 0.1) is 0 Å². The predicted molar refractivity (Wildman–Crippen MR) is 63.5 cm³/mol. The molecule has 1 fully saturated rings. The number of hydrogen-bond donors (Lipinski definition) is 0. The Labute approximate surface area is 98.8 Å². The summed E-state index contributed by atoms with van der Waals surface area (Å²) in [5.74, 6) is 0. The van der Waals surface area contributed by atoms with Gasteiger partial charge in [0.25, 0.3) is 0 Å². The first-order valence-corrected chi connectivity index (χ1v) is 6.29. The summed E-state index contributed by atoms with van der Waals surface area (Å²) in [6.07, 6.45) is 2.01. The van der Waals surface area contributed by atoms with Gasteiger partial charge in [-0.3, -0.25) is 0 Å². The molecule has 0 aliphatic carbocycles. The second-order valence-corrected chi connectivity index (χ2v) is 4.13. The molecule has 1 aliphatic rings. The molecule has 0 spiro atoms. The smallest absolute Gasteiger partial charge is 0.158 e. The second kappa shape index (κ2) is 8.01. The summed E-state index contributed by atoms with van der Waals surface area (Å²) < 4.78 is 16.4. The first kappa shape index (κ1) is 13.9. The first-order valence-electron chi connectivity index (χ1n) is 6.29. The Morgan fingerprint density at radius 1 is 1.31 bits per heavy atom. The zero-order valence-corrected chi connectivity index (χ0v) is 10.8. The van der Waals surface area contributed by atoms with Gasteiger partial charge < -0.3 is 19.1 Å². The quantitative estimate of drug-likeness (QED) is 0.592. The van der Waals surface area contributed by atoms with Crippen LogP contribution in [-0.4, -0.2) is 57.3 Å². The van der Waals surface area contributed by atoms with E-state index in [1.165, 1.54) is 0 Å². The third kappa shape index (κ3) is 4.78. The Hall–Kier alpha value is -0.160. The first-order chi connectivity index (χ1) is 7.77. The minimum absolute atomic E-state index is 0.0558. The molecule has 16 heavy (non-hydrogen) atoms. The van der Waals surface area contributed by atoms with E-state index < -0.39 is 0 Å². The molecule has 1 unspecified atom stereocenters. The van der Waals surface area contributed by atoms with Gasteiger partial charge in [-0.15, -0.1) is 0 Å². The van der Waals surface area contributed by atoms with E-state index in [0.717, 1.165) is 32.6 Å². The zero-order chi connectivity index (χ0) is 11.8. The van der Waals surface area contributed by atoms with Gasteiger partial charge in [-0.1, -0.05) is 0 Å². The molecule has 1 aliphatic heterocycles. The normalized spacial score (nSPS) is 21.2. The Morgan fingerprint density at radius 3 is 2.50 bits per heavy atom. The van der Waals surface area contributed by atoms with Crippen LogP contribution < -0.4 is 0 Å². The van der Waals surface area contributed by atoms with Crippen molar-refractivity contribution in [2.24, 2.45) is 0 Å². The fourth-order valence-corrected chi connectivity index (χ4v) is 1.95. The molecule has 0 bridgehead atoms. The molecule has 0 aromatic rings. The van der Waals surface area contributed by atoms with Crippen molar-refractivity contribution in [1.29, 1.82) is 0 Å². The highest BCUT2D eigenvalue weighted by molar-refractivity contribution is 4.73. The summed E-state index contributed by atoms with van der Waals surface area (Å²) in [7, 11) is 2.15. The lowest BCUT2D eigenvalue weighted by molar-refractivity contribution is -0.141. The molecule has 0 N–H and O–H groups in total. The molecule has 0 amide bonds. The van der Waals surface area contributed by atoms with Gasteiger partial charge >= 0.3 is 0 Å². The van der Waals surface area contributed by atoms with Crippen LogP contribution in [0.1, 0.15) is 26.7 Å². The maximum atomic E-state index is 5.52. The fraction of sp³-hybridized carbons (Fsp3) is 1.00. The van der Waals surface area contributed by atoms with E-state index in [2.05, 4.69) is 11.9 Å². The third-order valence-corrected chi connectivity index (χ3v) is 2.95. The van der Waals surface area contributed by atoms with E-state index >= 15 is 0 Å². The molecule has 0 saturated carbocycles. The van der Waals surface area contributed by atoms with E-state index in [9.17, 15) is 0 Å². The monoisotopic (exact) mass is 231 g/mol. The van der Waals surface area contributed by atoms with Gasteiger partial charge in [-0.05, 0) is 27.3 Å². The Balaban J connectivity index is 2.18. The summed E-state index contributed by atoms with van der Waals surface area (Å²) in [6.45, 7) is 8.18. The van der Waals surface area contributed by atoms with Gasteiger partial charge in [0.15, 0.2) is 6.29 Å². The van der Waals surface area contributed by atoms with E-state index in [-0.39, 0.29) is 6.29 Å². The Kier molecular flexibility index (Phi) is 6.96. The largest absolute Gasteiger partial charge is 0.380 e. The summed E-state index contributed by atoms with van der Waals surface area (Å²) in [6, 6.07) is 0.573. The van der Waals surface area contributed by atoms with Crippen LogP contribution in [0.25, 0.3) is 0 Å². The molecular weight excluding hydrogens is 206 g/mol. The second-order valence-electron chi connectivity index (χ2n) is 4.13. The van der Waals surface area contributed by atoms with Gasteiger partial charge in [0.1, 0.15) is 0 Å². The number of likely N-dealkylation sites (N-methyl/N-ethyl adjacent to an activating group) is 1. The molecule has 0 radical (unpaired) electrons. The SMILES string of the molecule is CCOC(CCN(C)C1CCOC1)OCC. The summed E-state index contributed by atoms with van der Waals surface area (Å²) >= 11 is 0. The minimum Gasteiger partial charge on any atom is -0.380 e. The number of hydrogen-bond acceptors (Lipinski definition) is 4. The van der Waals surface area contributed by atoms with Crippen molar-refractivity contribution in [1.82, 2.24) is 4.90 Å². The van der Waals surface area contributed by atoms with Crippen LogP contribution in [0.2, 0.25) is 0 Å². The van der Waals surface area contributed by atoms with E-state index in [1.807, 2.05) is 13.8 Å². The van der Waals surface area contributed by atoms with Crippen LogP contribution in [0.5, 0.6) is 0 Å². The van der Waals surface area contributed by atoms with Crippen molar-refractivity contribution >= 4 is 0 Å². The van der Waals surface area contributed by atoms with Crippen molar-refractivity contribution in [3.05, 3.63) is 0 Å². The van der Waals surface area contributed by atoms with Crippen molar-refractivity contribution < 1.29 is 14.2 Å². The molecular formula is C12H25NO3. The number of nitrogens with zero attached hydrogens (tertiary/aromatic N) is 1. The van der Waals surface area contributed by atoms with E-state index in [0.29, 0.717) is 19.3 Å². The maximum absolute atomic E-state index is 5.52. The highest BCUT2D eigenvalue weighted by Crippen LogP contribution is 2.12. The van der Waals surface area contributed by atoms with E-state index in [1.54, 1.807) is 0 Å². The molecule has 0 aromatic heterocycles. The van der Waals surface area contributed by atoms with Crippen molar-refractivity contribution in [2.75, 3.05) is 40.0 Å². The predicted octanol–water partition coefficient (Wildman–Crippen LogP) is 1.50. The van der Waals surface area contributed by atoms with Crippen LogP contribution in [0.4, 0.5) is 0 Å². The molecule has 96 valence electrons. The lowest BCUT2D eigenvalue weighted by atomic mass is 10.2. The fourth-order valence-electron chi connectivity index (χ4n) is 1.95. The molecule has 4 nitrogen and oxygen atoms in total. The van der Waals surface area contributed by atoms with Crippen LogP contribution in [0.15, 0.2) is 0 Å². The van der Waals surface area contributed by atoms with Crippen molar-refractivity contribution in [3.8, 4) is 0 Å². The topological polar surface area (TPSA) is 30.9 Å². The van der Waals surface area contributed by atoms with Gasteiger partial charge in [0, 0.05) is 38.8 Å². The highest BCUT2D eigenvalue weighted by atomic mass is 16.7. The van der Waals surface area contributed by atoms with Gasteiger partial charge in [0.05, 0.1) is 6.61 Å². The van der Waals surface area contributed by atoms with Crippen LogP contribution in [0.3, 0.4) is 0 Å². The zero-order valence-electron chi connectivity index (χ0n) is 10.8. The van der Waals surface area contributed by atoms with Gasteiger partial charge in [-0.25, -0.2) is 0 Å². The Morgan fingerprint density at radius 2 is 2.00 bits per heavy atom. The van der Waals surface area contributed by atoms with Crippen LogP contribution >= 0.6 is 0 Å². The number of ether oxygens (including phenoxy) is 3. The summed E-state index contributed by atoms with van der Waals surface area (Å²) in [4.78, 5) is 2.35. The Bertz CT molecular complexity index is 164. The standard InChI is InChI=1S/C12H25NO3/c1-4-15-12(16-5-2)6-8-13(3)11-7-9-14-10-11/h11-12H,4-10H2,1-3H3. The molecule has 1 heterocycles. The van der Waals surface area contributed by atoms with Gasteiger partial charge in [0.2, 0.25) is 0 Å². The van der Waals surface area contributed by atoms with Crippen LogP contribution in [-0.2, 0) is 14.2 Å². The maximum Gasteiger partial charge on any atom is 0.158 e. The molecule has 0 aromatic carbocycles. The summed E-state index contributed by atoms with van der Waals surface area (Å²) in [5, 5.41) is 0. The lowest BCUT2D eigenvalue weighted by Gasteiger charge is -2.25. The highest BCUT2D eigenvalue weighted by Gasteiger charge is 2.20. The number of rotatable bonds is 8. The van der Waals surface area contributed by atoms with E-state index in [4.69, 9.17) is 14.2 Å². The average Bonchev–Trinajstić information content (AvgIpc) is 2.79. The summed E-state index contributed by atoms with van der Waals surface area (Å²) in [5.41, 5.74) is 0. The average molecular weight is 231 g/mol. The molecule has 4 heteroatoms.